The number of hydrogen-bond acceptors (Lipinski definition) is 5. The lowest BCUT2D eigenvalue weighted by Gasteiger charge is -2.34. The Morgan fingerprint density at radius 2 is 1.93 bits per heavy atom. The van der Waals surface area contributed by atoms with Gasteiger partial charge in [0.25, 0.3) is 5.91 Å². The lowest BCUT2D eigenvalue weighted by Crippen LogP contribution is -2.43. The number of carbonyl (C=O) groups excluding carboxylic acids is 1. The van der Waals surface area contributed by atoms with Crippen molar-refractivity contribution < 1.29 is 31.8 Å². The monoisotopic (exact) mass is 418 g/mol. The zero-order chi connectivity index (χ0) is 20.1. The predicted octanol–water partition coefficient (Wildman–Crippen LogP) is 3.43. The lowest BCUT2D eigenvalue weighted by molar-refractivity contribution is -0.0501. The molecule has 1 saturated heterocycles. The summed E-state index contributed by atoms with van der Waals surface area (Å²) in [4.78, 5) is 15.5. The zero-order valence-electron chi connectivity index (χ0n) is 14.7. The Morgan fingerprint density at radius 1 is 1.25 bits per heavy atom. The quantitative estimate of drug-likeness (QED) is 0.700. The van der Waals surface area contributed by atoms with Crippen molar-refractivity contribution in [1.29, 1.82) is 0 Å². The van der Waals surface area contributed by atoms with Crippen LogP contribution in [0, 0.1) is 11.6 Å². The molecule has 28 heavy (non-hydrogen) atoms. The molecule has 10 heteroatoms. The van der Waals surface area contributed by atoms with Crippen LogP contribution in [0.3, 0.4) is 0 Å². The molecule has 0 aliphatic carbocycles. The molecule has 1 aliphatic rings. The molecule has 0 spiro atoms. The van der Waals surface area contributed by atoms with Gasteiger partial charge >= 0.3 is 6.61 Å². The first-order valence-electron chi connectivity index (χ1n) is 8.53. The number of amides is 1. The van der Waals surface area contributed by atoms with E-state index in [1.54, 1.807) is 0 Å². The van der Waals surface area contributed by atoms with Crippen molar-refractivity contribution in [3.8, 4) is 5.75 Å². The maximum absolute atomic E-state index is 14.1. The highest BCUT2D eigenvalue weighted by molar-refractivity contribution is 7.10. The molecule has 5 nitrogen and oxygen atoms in total. The van der Waals surface area contributed by atoms with Crippen molar-refractivity contribution in [2.45, 2.75) is 12.7 Å². The van der Waals surface area contributed by atoms with Crippen LogP contribution in [-0.2, 0) is 4.74 Å². The summed E-state index contributed by atoms with van der Waals surface area (Å²) in [7, 11) is 0. The molecule has 1 fully saturated rings. The maximum atomic E-state index is 14.1. The minimum Gasteiger partial charge on any atom is -0.435 e. The molecule has 1 amide bonds. The van der Waals surface area contributed by atoms with Crippen LogP contribution in [0.5, 0.6) is 5.75 Å². The van der Waals surface area contributed by atoms with Gasteiger partial charge in [-0.25, -0.2) is 8.78 Å². The Labute approximate surface area is 162 Å². The van der Waals surface area contributed by atoms with Gasteiger partial charge < -0.3 is 14.8 Å². The molecule has 1 unspecified atom stereocenters. The van der Waals surface area contributed by atoms with E-state index in [-0.39, 0.29) is 12.6 Å². The van der Waals surface area contributed by atoms with Crippen LogP contribution in [0.2, 0.25) is 0 Å². The fraction of sp³-hybridized carbons (Fsp3) is 0.389. The van der Waals surface area contributed by atoms with Gasteiger partial charge in [-0.1, -0.05) is 6.07 Å². The summed E-state index contributed by atoms with van der Waals surface area (Å²) < 4.78 is 62.0. The smallest absolute Gasteiger partial charge is 0.387 e. The van der Waals surface area contributed by atoms with Crippen LogP contribution >= 0.6 is 11.3 Å². The summed E-state index contributed by atoms with van der Waals surface area (Å²) in [5.74, 6) is -4.20. The highest BCUT2D eigenvalue weighted by Crippen LogP contribution is 2.26. The molecule has 152 valence electrons. The number of ether oxygens (including phenoxy) is 2. The lowest BCUT2D eigenvalue weighted by atomic mass is 10.1. The SMILES string of the molecule is O=C(NCC(c1cccs1)N1CCOCC1)c1c(F)cc(OC(F)F)cc1F. The largest absolute Gasteiger partial charge is 0.435 e. The fourth-order valence-corrected chi connectivity index (χ4v) is 3.86. The highest BCUT2D eigenvalue weighted by atomic mass is 32.1. The van der Waals surface area contributed by atoms with E-state index >= 15 is 0 Å². The Hall–Kier alpha value is -2.17. The normalized spacial score (nSPS) is 16.2. The molecular weight excluding hydrogens is 400 g/mol. The van der Waals surface area contributed by atoms with Crippen molar-refractivity contribution in [3.63, 3.8) is 0 Å². The number of carbonyl (C=O) groups is 1. The van der Waals surface area contributed by atoms with E-state index in [4.69, 9.17) is 4.74 Å². The number of halogens is 4. The molecule has 2 aromatic rings. The molecule has 0 bridgehead atoms. The molecule has 1 N–H and O–H groups in total. The van der Waals surface area contributed by atoms with Gasteiger partial charge in [-0.05, 0) is 11.4 Å². The number of thiophene rings is 1. The van der Waals surface area contributed by atoms with Crippen LogP contribution < -0.4 is 10.1 Å². The molecule has 0 saturated carbocycles. The first kappa shape index (κ1) is 20.6. The minimum absolute atomic E-state index is 0.132. The number of nitrogens with zero attached hydrogens (tertiary/aromatic N) is 1. The summed E-state index contributed by atoms with van der Waals surface area (Å²) in [6.07, 6.45) is 0. The molecule has 0 radical (unpaired) electrons. The van der Waals surface area contributed by atoms with Gasteiger partial charge in [-0.3, -0.25) is 9.69 Å². The Kier molecular flexibility index (Phi) is 6.87. The van der Waals surface area contributed by atoms with Gasteiger partial charge in [-0.2, -0.15) is 8.78 Å². The van der Waals surface area contributed by atoms with Crippen LogP contribution in [0.15, 0.2) is 29.6 Å². The summed E-state index contributed by atoms with van der Waals surface area (Å²) in [5.41, 5.74) is -0.839. The van der Waals surface area contributed by atoms with Crippen molar-refractivity contribution in [1.82, 2.24) is 10.2 Å². The van der Waals surface area contributed by atoms with Gasteiger partial charge in [0.15, 0.2) is 0 Å². The molecular formula is C18H18F4N2O3S. The van der Waals surface area contributed by atoms with Crippen LogP contribution in [0.25, 0.3) is 0 Å². The third-order valence-electron chi connectivity index (χ3n) is 4.28. The molecule has 3 rings (SSSR count). The van der Waals surface area contributed by atoms with E-state index in [2.05, 4.69) is 15.0 Å². The van der Waals surface area contributed by atoms with Gasteiger partial charge in [0.05, 0.1) is 19.3 Å². The Morgan fingerprint density at radius 3 is 2.50 bits per heavy atom. The number of rotatable bonds is 7. The average molecular weight is 418 g/mol. The third-order valence-corrected chi connectivity index (χ3v) is 5.26. The van der Waals surface area contributed by atoms with Gasteiger partial charge in [0.1, 0.15) is 22.9 Å². The van der Waals surface area contributed by atoms with Crippen LogP contribution in [-0.4, -0.2) is 50.3 Å². The van der Waals surface area contributed by atoms with Crippen molar-refractivity contribution in [3.05, 3.63) is 51.7 Å². The van der Waals surface area contributed by atoms with E-state index in [1.807, 2.05) is 17.5 Å². The summed E-state index contributed by atoms with van der Waals surface area (Å²) in [6, 6.07) is 4.76. The van der Waals surface area contributed by atoms with E-state index in [1.165, 1.54) is 11.3 Å². The molecule has 1 aliphatic heterocycles. The molecule has 1 atom stereocenters. The van der Waals surface area contributed by atoms with Gasteiger partial charge in [0.2, 0.25) is 0 Å². The highest BCUT2D eigenvalue weighted by Gasteiger charge is 2.26. The number of nitrogens with one attached hydrogen (secondary N) is 1. The molecule has 2 heterocycles. The second kappa shape index (κ2) is 9.35. The number of morpholine rings is 1. The first-order chi connectivity index (χ1) is 13.5. The van der Waals surface area contributed by atoms with Gasteiger partial charge in [0, 0.05) is 36.6 Å². The van der Waals surface area contributed by atoms with E-state index < -0.39 is 35.5 Å². The third kappa shape index (κ3) is 5.00. The van der Waals surface area contributed by atoms with Crippen LogP contribution in [0.1, 0.15) is 21.3 Å². The first-order valence-corrected chi connectivity index (χ1v) is 9.41. The van der Waals surface area contributed by atoms with Crippen molar-refractivity contribution in [2.75, 3.05) is 32.8 Å². The summed E-state index contributed by atoms with van der Waals surface area (Å²) in [5, 5.41) is 4.45. The van der Waals surface area contributed by atoms with E-state index in [0.717, 1.165) is 4.88 Å². The standard InChI is InChI=1S/C18H18F4N2O3S/c19-12-8-11(27-18(21)22)9-13(20)16(12)17(25)23-10-14(15-2-1-7-28-15)24-3-5-26-6-4-24/h1-2,7-9,14,18H,3-6,10H2,(H,23,25). The summed E-state index contributed by atoms with van der Waals surface area (Å²) >= 11 is 1.52. The predicted molar refractivity (Wildman–Crippen MR) is 94.8 cm³/mol. The number of benzene rings is 1. The Bertz CT molecular complexity index is 775. The Balaban J connectivity index is 1.72. The number of hydrogen-bond donors (Lipinski definition) is 1. The topological polar surface area (TPSA) is 50.8 Å². The van der Waals surface area contributed by atoms with E-state index in [9.17, 15) is 22.4 Å². The molecule has 1 aromatic carbocycles. The second-order valence-corrected chi connectivity index (χ2v) is 7.01. The molecule has 1 aromatic heterocycles. The second-order valence-electron chi connectivity index (χ2n) is 6.03. The average Bonchev–Trinajstić information content (AvgIpc) is 3.16. The van der Waals surface area contributed by atoms with Crippen molar-refractivity contribution >= 4 is 17.2 Å². The zero-order valence-corrected chi connectivity index (χ0v) is 15.5. The van der Waals surface area contributed by atoms with Crippen LogP contribution in [0.4, 0.5) is 17.6 Å². The minimum atomic E-state index is -3.22. The van der Waals surface area contributed by atoms with Gasteiger partial charge in [-0.15, -0.1) is 11.3 Å². The maximum Gasteiger partial charge on any atom is 0.387 e. The summed E-state index contributed by atoms with van der Waals surface area (Å²) in [6.45, 7) is -0.636. The fourth-order valence-electron chi connectivity index (χ4n) is 3.00. The van der Waals surface area contributed by atoms with Crippen molar-refractivity contribution in [2.24, 2.45) is 0 Å². The van der Waals surface area contributed by atoms with E-state index in [0.29, 0.717) is 38.4 Å². The number of alkyl halides is 2.